The molecule has 1 aromatic carbocycles. The average molecular weight is 398 g/mol. The van der Waals surface area contributed by atoms with Crippen LogP contribution in [0.4, 0.5) is 11.6 Å². The third-order valence-corrected chi connectivity index (χ3v) is 4.67. The average Bonchev–Trinajstić information content (AvgIpc) is 3.17. The lowest BCUT2D eigenvalue weighted by molar-refractivity contribution is 0.0946. The van der Waals surface area contributed by atoms with E-state index in [0.717, 1.165) is 28.8 Å². The Morgan fingerprint density at radius 3 is 2.53 bits per heavy atom. The van der Waals surface area contributed by atoms with E-state index in [1.54, 1.807) is 18.6 Å². The maximum atomic E-state index is 12.6. The molecule has 0 unspecified atom stereocenters. The van der Waals surface area contributed by atoms with Crippen LogP contribution in [-0.2, 0) is 13.5 Å². The molecule has 0 saturated carbocycles. The molecule has 0 fully saturated rings. The predicted molar refractivity (Wildman–Crippen MR) is 116 cm³/mol. The fourth-order valence-electron chi connectivity index (χ4n) is 3.10. The fraction of sp³-hybridized carbons (Fsp3) is 0.130. The van der Waals surface area contributed by atoms with Crippen molar-refractivity contribution in [3.8, 4) is 11.1 Å². The van der Waals surface area contributed by atoms with Crippen molar-refractivity contribution in [2.45, 2.75) is 6.42 Å². The van der Waals surface area contributed by atoms with Crippen LogP contribution < -0.4 is 10.6 Å². The van der Waals surface area contributed by atoms with E-state index >= 15 is 0 Å². The van der Waals surface area contributed by atoms with Gasteiger partial charge in [0, 0.05) is 61.4 Å². The summed E-state index contributed by atoms with van der Waals surface area (Å²) in [6, 6.07) is 15.5. The number of hydrogen-bond acceptors (Lipinski definition) is 5. The van der Waals surface area contributed by atoms with Gasteiger partial charge >= 0.3 is 0 Å². The number of pyridine rings is 1. The molecule has 1 amide bonds. The minimum absolute atomic E-state index is 0.115. The number of nitrogens with zero attached hydrogens (tertiary/aromatic N) is 4. The van der Waals surface area contributed by atoms with E-state index < -0.39 is 0 Å². The number of carbonyl (C=O) groups is 1. The molecular formula is C23H22N6O. The first-order chi connectivity index (χ1) is 14.7. The van der Waals surface area contributed by atoms with Crippen LogP contribution in [0.2, 0.25) is 0 Å². The second-order valence-electron chi connectivity index (χ2n) is 6.88. The van der Waals surface area contributed by atoms with Gasteiger partial charge in [0.05, 0.1) is 0 Å². The maximum Gasteiger partial charge on any atom is 0.267 e. The zero-order chi connectivity index (χ0) is 20.8. The van der Waals surface area contributed by atoms with Crippen LogP contribution in [-0.4, -0.2) is 32.0 Å². The van der Waals surface area contributed by atoms with Crippen molar-refractivity contribution < 1.29 is 4.79 Å². The quantitative estimate of drug-likeness (QED) is 0.497. The highest BCUT2D eigenvalue weighted by molar-refractivity contribution is 5.94. The van der Waals surface area contributed by atoms with E-state index in [1.165, 1.54) is 0 Å². The van der Waals surface area contributed by atoms with Gasteiger partial charge in [0.1, 0.15) is 5.69 Å². The van der Waals surface area contributed by atoms with Gasteiger partial charge in [-0.05, 0) is 36.2 Å². The first-order valence-corrected chi connectivity index (χ1v) is 9.67. The summed E-state index contributed by atoms with van der Waals surface area (Å²) in [4.78, 5) is 25.4. The monoisotopic (exact) mass is 398 g/mol. The Kier molecular flexibility index (Phi) is 5.80. The van der Waals surface area contributed by atoms with Gasteiger partial charge in [0.15, 0.2) is 0 Å². The van der Waals surface area contributed by atoms with Crippen LogP contribution in [0.5, 0.6) is 0 Å². The summed E-state index contributed by atoms with van der Waals surface area (Å²) >= 11 is 0. The lowest BCUT2D eigenvalue weighted by atomic mass is 10.2. The normalized spacial score (nSPS) is 10.6. The molecule has 3 aromatic heterocycles. The summed E-state index contributed by atoms with van der Waals surface area (Å²) in [5.74, 6) is 0.408. The molecular weight excluding hydrogens is 376 g/mol. The van der Waals surface area contributed by atoms with Crippen LogP contribution in [0, 0.1) is 0 Å². The van der Waals surface area contributed by atoms with Crippen LogP contribution in [0.25, 0.3) is 11.1 Å². The molecule has 7 nitrogen and oxygen atoms in total. The summed E-state index contributed by atoms with van der Waals surface area (Å²) in [5.41, 5.74) is 4.34. The highest BCUT2D eigenvalue weighted by Crippen LogP contribution is 2.22. The Morgan fingerprint density at radius 2 is 1.80 bits per heavy atom. The summed E-state index contributed by atoms with van der Waals surface area (Å²) in [5, 5.41) is 6.12. The topological polar surface area (TPSA) is 84.7 Å². The number of hydrogen-bond donors (Lipinski definition) is 2. The molecule has 0 aliphatic heterocycles. The summed E-state index contributed by atoms with van der Waals surface area (Å²) in [6.45, 7) is 0.550. The number of carbonyl (C=O) groups excluding carboxylic acids is 1. The number of amides is 1. The Hall–Kier alpha value is -4.00. The second-order valence-corrected chi connectivity index (χ2v) is 6.88. The fourth-order valence-corrected chi connectivity index (χ4v) is 3.10. The van der Waals surface area contributed by atoms with Crippen molar-refractivity contribution in [3.63, 3.8) is 0 Å². The molecule has 4 aromatic rings. The largest absolute Gasteiger partial charge is 0.350 e. The molecule has 0 radical (unpaired) electrons. The summed E-state index contributed by atoms with van der Waals surface area (Å²) in [7, 11) is 1.85. The molecule has 30 heavy (non-hydrogen) atoms. The van der Waals surface area contributed by atoms with Crippen molar-refractivity contribution in [3.05, 3.63) is 90.8 Å². The van der Waals surface area contributed by atoms with E-state index in [2.05, 4.69) is 25.6 Å². The van der Waals surface area contributed by atoms with E-state index in [0.29, 0.717) is 18.2 Å². The molecule has 2 N–H and O–H groups in total. The molecule has 0 aliphatic rings. The Bertz CT molecular complexity index is 1110. The Morgan fingerprint density at radius 1 is 1.00 bits per heavy atom. The van der Waals surface area contributed by atoms with E-state index in [1.807, 2.05) is 72.5 Å². The van der Waals surface area contributed by atoms with E-state index in [-0.39, 0.29) is 5.91 Å². The lowest BCUT2D eigenvalue weighted by Crippen LogP contribution is -2.27. The molecule has 0 saturated heterocycles. The number of aryl methyl sites for hydroxylation is 1. The number of anilines is 2. The Balaban J connectivity index is 1.39. The smallest absolute Gasteiger partial charge is 0.267 e. The number of para-hydroxylation sites is 1. The third kappa shape index (κ3) is 4.70. The number of rotatable bonds is 7. The van der Waals surface area contributed by atoms with Crippen LogP contribution >= 0.6 is 0 Å². The van der Waals surface area contributed by atoms with Crippen LogP contribution in [0.3, 0.4) is 0 Å². The van der Waals surface area contributed by atoms with Gasteiger partial charge in [-0.2, -0.15) is 0 Å². The van der Waals surface area contributed by atoms with E-state index in [9.17, 15) is 4.79 Å². The highest BCUT2D eigenvalue weighted by Gasteiger charge is 2.13. The van der Waals surface area contributed by atoms with Crippen LogP contribution in [0.1, 0.15) is 16.1 Å². The van der Waals surface area contributed by atoms with Gasteiger partial charge in [-0.15, -0.1) is 0 Å². The van der Waals surface area contributed by atoms with Gasteiger partial charge in [-0.25, -0.2) is 9.97 Å². The maximum absolute atomic E-state index is 12.6. The zero-order valence-corrected chi connectivity index (χ0v) is 16.6. The zero-order valence-electron chi connectivity index (χ0n) is 16.6. The standard InChI is InChI=1S/C23H22N6O/c1-29-16-18(12-21(29)22(30)25-11-9-17-6-5-10-24-13-17)19-14-26-23(27-15-19)28-20-7-3-2-4-8-20/h2-8,10,12-16H,9,11H2,1H3,(H,25,30)(H,26,27,28). The Labute approximate surface area is 174 Å². The minimum atomic E-state index is -0.115. The van der Waals surface area contributed by atoms with Crippen molar-refractivity contribution in [2.24, 2.45) is 7.05 Å². The first-order valence-electron chi connectivity index (χ1n) is 9.67. The van der Waals surface area contributed by atoms with Crippen molar-refractivity contribution in [2.75, 3.05) is 11.9 Å². The van der Waals surface area contributed by atoms with Gasteiger partial charge in [0.2, 0.25) is 5.95 Å². The van der Waals surface area contributed by atoms with Gasteiger partial charge in [-0.3, -0.25) is 9.78 Å². The van der Waals surface area contributed by atoms with Gasteiger partial charge in [0.25, 0.3) is 5.91 Å². The molecule has 0 bridgehead atoms. The molecule has 150 valence electrons. The van der Waals surface area contributed by atoms with E-state index in [4.69, 9.17) is 0 Å². The molecule has 0 aliphatic carbocycles. The molecule has 7 heteroatoms. The highest BCUT2D eigenvalue weighted by atomic mass is 16.1. The van der Waals surface area contributed by atoms with Crippen molar-refractivity contribution in [1.29, 1.82) is 0 Å². The van der Waals surface area contributed by atoms with Crippen molar-refractivity contribution in [1.82, 2.24) is 24.8 Å². The SMILES string of the molecule is Cn1cc(-c2cnc(Nc3ccccc3)nc2)cc1C(=O)NCCc1cccnc1. The minimum Gasteiger partial charge on any atom is -0.350 e. The first kappa shape index (κ1) is 19.3. The summed E-state index contributed by atoms with van der Waals surface area (Å²) in [6.07, 6.45) is 9.68. The molecule has 0 atom stereocenters. The van der Waals surface area contributed by atoms with Gasteiger partial charge < -0.3 is 15.2 Å². The predicted octanol–water partition coefficient (Wildman–Crippen LogP) is 3.59. The number of nitrogens with one attached hydrogen (secondary N) is 2. The summed E-state index contributed by atoms with van der Waals surface area (Å²) < 4.78 is 1.81. The number of aromatic nitrogens is 4. The lowest BCUT2D eigenvalue weighted by Gasteiger charge is -2.05. The van der Waals surface area contributed by atoms with Crippen molar-refractivity contribution >= 4 is 17.5 Å². The molecule has 3 heterocycles. The number of benzene rings is 1. The third-order valence-electron chi connectivity index (χ3n) is 4.67. The van der Waals surface area contributed by atoms with Crippen LogP contribution in [0.15, 0.2) is 79.5 Å². The molecule has 0 spiro atoms. The van der Waals surface area contributed by atoms with Gasteiger partial charge in [-0.1, -0.05) is 24.3 Å². The second kappa shape index (κ2) is 9.00. The molecule has 4 rings (SSSR count).